The van der Waals surface area contributed by atoms with Gasteiger partial charge in [-0.2, -0.15) is 5.10 Å². The first-order chi connectivity index (χ1) is 9.92. The summed E-state index contributed by atoms with van der Waals surface area (Å²) >= 11 is 5.98. The van der Waals surface area contributed by atoms with E-state index in [1.807, 2.05) is 6.92 Å². The molecule has 1 aromatic carbocycles. The van der Waals surface area contributed by atoms with Gasteiger partial charge >= 0.3 is 5.97 Å². The first-order valence-corrected chi connectivity index (χ1v) is 6.68. The Hall–Kier alpha value is -2.34. The number of halogens is 1. The van der Waals surface area contributed by atoms with Crippen molar-refractivity contribution in [2.24, 2.45) is 0 Å². The van der Waals surface area contributed by atoms with Gasteiger partial charge in [0.2, 0.25) is 0 Å². The molecule has 2 rings (SSSR count). The van der Waals surface area contributed by atoms with Crippen LogP contribution in [0.2, 0.25) is 5.02 Å². The summed E-state index contributed by atoms with van der Waals surface area (Å²) in [6.45, 7) is 4.22. The third kappa shape index (κ3) is 3.22. The number of nitrogens with zero attached hydrogens (tertiary/aromatic N) is 2. The number of aromatic carboxylic acids is 1. The third-order valence-electron chi connectivity index (χ3n) is 2.90. The van der Waals surface area contributed by atoms with E-state index in [2.05, 4.69) is 10.4 Å². The Bertz CT molecular complexity index is 709. The zero-order valence-electron chi connectivity index (χ0n) is 11.6. The second kappa shape index (κ2) is 5.97. The number of aryl methyl sites for hydroxylation is 2. The lowest BCUT2D eigenvalue weighted by Gasteiger charge is -2.09. The largest absolute Gasteiger partial charge is 0.478 e. The predicted octanol–water partition coefficient (Wildman–Crippen LogP) is 2.82. The SMILES string of the molecule is CCn1nc(C)cc1C(=O)Nc1cc(C(=O)O)ccc1Cl. The summed E-state index contributed by atoms with van der Waals surface area (Å²) in [6.07, 6.45) is 0. The summed E-state index contributed by atoms with van der Waals surface area (Å²) in [5.41, 5.74) is 1.43. The van der Waals surface area contributed by atoms with Crippen molar-refractivity contribution in [1.82, 2.24) is 9.78 Å². The highest BCUT2D eigenvalue weighted by Gasteiger charge is 2.15. The van der Waals surface area contributed by atoms with Crippen LogP contribution >= 0.6 is 11.6 Å². The number of nitrogens with one attached hydrogen (secondary N) is 1. The molecule has 0 radical (unpaired) electrons. The number of aromatic nitrogens is 2. The highest BCUT2D eigenvalue weighted by atomic mass is 35.5. The maximum atomic E-state index is 12.3. The van der Waals surface area contributed by atoms with E-state index in [9.17, 15) is 9.59 Å². The molecule has 2 N–H and O–H groups in total. The molecule has 21 heavy (non-hydrogen) atoms. The van der Waals surface area contributed by atoms with E-state index in [0.717, 1.165) is 5.69 Å². The van der Waals surface area contributed by atoms with Gasteiger partial charge in [0.25, 0.3) is 5.91 Å². The minimum Gasteiger partial charge on any atom is -0.478 e. The van der Waals surface area contributed by atoms with Gasteiger partial charge in [0, 0.05) is 6.54 Å². The van der Waals surface area contributed by atoms with Gasteiger partial charge < -0.3 is 10.4 Å². The van der Waals surface area contributed by atoms with E-state index < -0.39 is 5.97 Å². The second-order valence-corrected chi connectivity index (χ2v) is 4.85. The average molecular weight is 308 g/mol. The normalized spacial score (nSPS) is 10.4. The zero-order valence-corrected chi connectivity index (χ0v) is 12.3. The van der Waals surface area contributed by atoms with Gasteiger partial charge in [-0.1, -0.05) is 11.6 Å². The van der Waals surface area contributed by atoms with E-state index in [-0.39, 0.29) is 22.2 Å². The van der Waals surface area contributed by atoms with Crippen LogP contribution in [0, 0.1) is 6.92 Å². The van der Waals surface area contributed by atoms with Crippen LogP contribution in [-0.2, 0) is 6.54 Å². The fourth-order valence-electron chi connectivity index (χ4n) is 1.91. The van der Waals surface area contributed by atoms with Crippen LogP contribution in [0.15, 0.2) is 24.3 Å². The molecule has 0 fully saturated rings. The van der Waals surface area contributed by atoms with Crippen LogP contribution in [0.4, 0.5) is 5.69 Å². The van der Waals surface area contributed by atoms with Crippen molar-refractivity contribution in [3.8, 4) is 0 Å². The molecule has 2 aromatic rings. The van der Waals surface area contributed by atoms with Crippen molar-refractivity contribution in [2.45, 2.75) is 20.4 Å². The first kappa shape index (κ1) is 15.1. The smallest absolute Gasteiger partial charge is 0.335 e. The van der Waals surface area contributed by atoms with Crippen molar-refractivity contribution in [2.75, 3.05) is 5.32 Å². The molecule has 0 aliphatic carbocycles. The number of benzene rings is 1. The summed E-state index contributed by atoms with van der Waals surface area (Å²) in [5.74, 6) is -1.47. The first-order valence-electron chi connectivity index (χ1n) is 6.31. The van der Waals surface area contributed by atoms with Gasteiger partial charge in [-0.25, -0.2) is 4.79 Å². The van der Waals surface area contributed by atoms with Crippen LogP contribution in [0.25, 0.3) is 0 Å². The highest BCUT2D eigenvalue weighted by molar-refractivity contribution is 6.34. The Balaban J connectivity index is 2.31. The molecule has 1 aromatic heterocycles. The average Bonchev–Trinajstić information content (AvgIpc) is 2.82. The Morgan fingerprint density at radius 3 is 2.71 bits per heavy atom. The molecule has 0 aliphatic heterocycles. The van der Waals surface area contributed by atoms with Crippen molar-refractivity contribution < 1.29 is 14.7 Å². The number of hydrogen-bond acceptors (Lipinski definition) is 3. The fourth-order valence-corrected chi connectivity index (χ4v) is 2.07. The number of rotatable bonds is 4. The number of carboxylic acid groups (broad SMARTS) is 1. The van der Waals surface area contributed by atoms with Gasteiger partial charge in [0.05, 0.1) is 22.0 Å². The van der Waals surface area contributed by atoms with Crippen molar-refractivity contribution >= 4 is 29.2 Å². The maximum Gasteiger partial charge on any atom is 0.335 e. The molecule has 110 valence electrons. The Morgan fingerprint density at radius 2 is 2.10 bits per heavy atom. The van der Waals surface area contributed by atoms with E-state index in [1.54, 1.807) is 17.7 Å². The van der Waals surface area contributed by atoms with Crippen LogP contribution in [-0.4, -0.2) is 26.8 Å². The molecule has 1 heterocycles. The number of anilines is 1. The van der Waals surface area contributed by atoms with E-state index in [1.165, 1.54) is 18.2 Å². The van der Waals surface area contributed by atoms with Gasteiger partial charge in [0.15, 0.2) is 0 Å². The molecule has 0 atom stereocenters. The molecule has 7 heteroatoms. The quantitative estimate of drug-likeness (QED) is 0.909. The van der Waals surface area contributed by atoms with E-state index >= 15 is 0 Å². The second-order valence-electron chi connectivity index (χ2n) is 4.44. The van der Waals surface area contributed by atoms with Crippen LogP contribution < -0.4 is 5.32 Å². The molecule has 0 spiro atoms. The summed E-state index contributed by atoms with van der Waals surface area (Å²) < 4.78 is 1.57. The number of carbonyl (C=O) groups is 2. The van der Waals surface area contributed by atoms with Crippen LogP contribution in [0.1, 0.15) is 33.5 Å². The molecule has 0 aliphatic rings. The van der Waals surface area contributed by atoms with Gasteiger partial charge in [-0.15, -0.1) is 0 Å². The molecule has 1 amide bonds. The molecule has 0 saturated carbocycles. The standard InChI is InChI=1S/C14H14ClN3O3/c1-3-18-12(6-8(2)17-18)13(19)16-11-7-9(14(20)21)4-5-10(11)15/h4-7H,3H2,1-2H3,(H,16,19)(H,20,21). The highest BCUT2D eigenvalue weighted by Crippen LogP contribution is 2.24. The summed E-state index contributed by atoms with van der Waals surface area (Å²) in [6, 6.07) is 5.79. The molecule has 0 unspecified atom stereocenters. The minimum atomic E-state index is -1.09. The summed E-state index contributed by atoms with van der Waals surface area (Å²) in [5, 5.41) is 16.0. The van der Waals surface area contributed by atoms with Crippen molar-refractivity contribution in [3.05, 3.63) is 46.2 Å². The van der Waals surface area contributed by atoms with Crippen LogP contribution in [0.3, 0.4) is 0 Å². The van der Waals surface area contributed by atoms with Gasteiger partial charge in [-0.3, -0.25) is 9.48 Å². The Labute approximate surface area is 126 Å². The fraction of sp³-hybridized carbons (Fsp3) is 0.214. The Kier molecular flexibility index (Phi) is 4.28. The van der Waals surface area contributed by atoms with E-state index in [0.29, 0.717) is 12.2 Å². The molecular weight excluding hydrogens is 294 g/mol. The summed E-state index contributed by atoms with van der Waals surface area (Å²) in [4.78, 5) is 23.2. The molecular formula is C14H14ClN3O3. The predicted molar refractivity (Wildman–Crippen MR) is 79.0 cm³/mol. The summed E-state index contributed by atoms with van der Waals surface area (Å²) in [7, 11) is 0. The maximum absolute atomic E-state index is 12.3. The van der Waals surface area contributed by atoms with Crippen molar-refractivity contribution in [3.63, 3.8) is 0 Å². The third-order valence-corrected chi connectivity index (χ3v) is 3.23. The lowest BCUT2D eigenvalue weighted by Crippen LogP contribution is -2.17. The zero-order chi connectivity index (χ0) is 15.6. The molecule has 0 saturated heterocycles. The number of carbonyl (C=O) groups excluding carboxylic acids is 1. The topological polar surface area (TPSA) is 84.2 Å². The van der Waals surface area contributed by atoms with Crippen LogP contribution in [0.5, 0.6) is 0 Å². The lowest BCUT2D eigenvalue weighted by atomic mass is 10.2. The number of hydrogen-bond donors (Lipinski definition) is 2. The van der Waals surface area contributed by atoms with Crippen molar-refractivity contribution in [1.29, 1.82) is 0 Å². The van der Waals surface area contributed by atoms with Gasteiger partial charge in [0.1, 0.15) is 5.69 Å². The minimum absolute atomic E-state index is 0.0508. The number of carboxylic acids is 1. The van der Waals surface area contributed by atoms with Gasteiger partial charge in [-0.05, 0) is 38.1 Å². The lowest BCUT2D eigenvalue weighted by molar-refractivity contribution is 0.0696. The Morgan fingerprint density at radius 1 is 1.38 bits per heavy atom. The number of amides is 1. The monoisotopic (exact) mass is 307 g/mol. The molecule has 0 bridgehead atoms. The molecule has 6 nitrogen and oxygen atoms in total. The van der Waals surface area contributed by atoms with E-state index in [4.69, 9.17) is 16.7 Å².